The first-order valence-electron chi connectivity index (χ1n) is 7.26. The molecule has 4 heteroatoms. The summed E-state index contributed by atoms with van der Waals surface area (Å²) >= 11 is 0. The molecular weight excluding hydrogens is 238 g/mol. The summed E-state index contributed by atoms with van der Waals surface area (Å²) < 4.78 is 5.71. The zero-order valence-electron chi connectivity index (χ0n) is 10.7. The first-order valence-corrected chi connectivity index (χ1v) is 7.26. The minimum atomic E-state index is 0.410. The maximum absolute atomic E-state index is 5.71. The highest BCUT2D eigenvalue weighted by atomic mass is 16.5. The third-order valence-electron chi connectivity index (χ3n) is 5.63. The van der Waals surface area contributed by atoms with E-state index < -0.39 is 0 Å². The molecule has 0 aromatic heterocycles. The molecule has 4 aliphatic rings. The van der Waals surface area contributed by atoms with E-state index in [0.717, 1.165) is 31.0 Å². The Balaban J connectivity index is 1.52. The van der Waals surface area contributed by atoms with Crippen LogP contribution < -0.4 is 5.01 Å². The monoisotopic (exact) mass is 255 g/mol. The zero-order valence-corrected chi connectivity index (χ0v) is 10.7. The lowest BCUT2D eigenvalue weighted by Gasteiger charge is -2.34. The molecule has 4 nitrogen and oxygen atoms in total. The smallest absolute Gasteiger partial charge is 0.0988 e. The zero-order chi connectivity index (χ0) is 12.4. The van der Waals surface area contributed by atoms with Gasteiger partial charge in [-0.15, -0.1) is 0 Å². The second kappa shape index (κ2) is 3.57. The number of nitrogens with zero attached hydrogens (tertiary/aromatic N) is 3. The van der Waals surface area contributed by atoms with Crippen LogP contribution in [0.5, 0.6) is 0 Å². The molecule has 2 bridgehead atoms. The predicted molar refractivity (Wildman–Crippen MR) is 70.7 cm³/mol. The van der Waals surface area contributed by atoms with E-state index in [0.29, 0.717) is 18.0 Å². The Labute approximate surface area is 112 Å². The first kappa shape index (κ1) is 10.4. The van der Waals surface area contributed by atoms with Gasteiger partial charge in [-0.3, -0.25) is 0 Å². The molecule has 0 radical (unpaired) electrons. The highest BCUT2D eigenvalue weighted by Gasteiger charge is 2.63. The Kier molecular flexibility index (Phi) is 1.95. The molecule has 2 aliphatic heterocycles. The Morgan fingerprint density at radius 2 is 1.79 bits per heavy atom. The van der Waals surface area contributed by atoms with Crippen LogP contribution >= 0.6 is 0 Å². The minimum absolute atomic E-state index is 0.410. The summed E-state index contributed by atoms with van der Waals surface area (Å²) in [6.45, 7) is 1.91. The maximum Gasteiger partial charge on any atom is 0.0988 e. The molecule has 5 rings (SSSR count). The Morgan fingerprint density at radius 1 is 1.00 bits per heavy atom. The third-order valence-corrected chi connectivity index (χ3v) is 5.63. The van der Waals surface area contributed by atoms with Crippen LogP contribution in [0.15, 0.2) is 40.7 Å². The second-order valence-corrected chi connectivity index (χ2v) is 6.29. The van der Waals surface area contributed by atoms with Gasteiger partial charge in [0.05, 0.1) is 31.0 Å². The van der Waals surface area contributed by atoms with Crippen LogP contribution in [-0.2, 0) is 4.74 Å². The van der Waals surface area contributed by atoms with Crippen molar-refractivity contribution >= 4 is 5.69 Å². The van der Waals surface area contributed by atoms with Crippen molar-refractivity contribution in [1.29, 1.82) is 0 Å². The number of anilines is 1. The van der Waals surface area contributed by atoms with Gasteiger partial charge in [-0.05, 0) is 42.2 Å². The van der Waals surface area contributed by atoms with Crippen molar-refractivity contribution in [3.63, 3.8) is 0 Å². The largest absolute Gasteiger partial charge is 0.381 e. The predicted octanol–water partition coefficient (Wildman–Crippen LogP) is 2.52. The number of rotatable bonds is 1. The van der Waals surface area contributed by atoms with Crippen molar-refractivity contribution < 1.29 is 4.74 Å². The van der Waals surface area contributed by atoms with Gasteiger partial charge in [-0.1, -0.05) is 23.4 Å². The van der Waals surface area contributed by atoms with Crippen LogP contribution in [0.4, 0.5) is 5.69 Å². The van der Waals surface area contributed by atoms with Gasteiger partial charge in [-0.25, -0.2) is 5.01 Å². The highest BCUT2D eigenvalue weighted by molar-refractivity contribution is 5.48. The number of para-hydroxylation sites is 1. The highest BCUT2D eigenvalue weighted by Crippen LogP contribution is 2.59. The second-order valence-electron chi connectivity index (χ2n) is 6.29. The molecule has 1 aromatic rings. The van der Waals surface area contributed by atoms with Gasteiger partial charge in [0, 0.05) is 0 Å². The average Bonchev–Trinajstić information content (AvgIpc) is 3.17. The fourth-order valence-electron chi connectivity index (χ4n) is 4.88. The molecule has 2 saturated carbocycles. The van der Waals surface area contributed by atoms with E-state index in [4.69, 9.17) is 4.74 Å². The summed E-state index contributed by atoms with van der Waals surface area (Å²) in [6.07, 6.45) is 1.33. The molecule has 2 heterocycles. The van der Waals surface area contributed by atoms with Crippen LogP contribution in [0.2, 0.25) is 0 Å². The molecule has 6 atom stereocenters. The number of hydrogen-bond donors (Lipinski definition) is 0. The van der Waals surface area contributed by atoms with E-state index in [1.807, 2.05) is 0 Å². The standard InChI is InChI=1S/C15H17N3O/c1-2-4-9(5-3-1)18-15-11-6-10(14(15)16-17-18)12-7-19-8-13(11)12/h1-5,10-15H,6-8H2. The van der Waals surface area contributed by atoms with Gasteiger partial charge in [0.2, 0.25) is 0 Å². The molecule has 0 N–H and O–H groups in total. The van der Waals surface area contributed by atoms with Crippen LogP contribution in [0.3, 0.4) is 0 Å². The van der Waals surface area contributed by atoms with Crippen molar-refractivity contribution in [2.75, 3.05) is 18.2 Å². The molecule has 0 spiro atoms. The third kappa shape index (κ3) is 1.23. The van der Waals surface area contributed by atoms with Gasteiger partial charge in [0.25, 0.3) is 0 Å². The van der Waals surface area contributed by atoms with E-state index in [2.05, 4.69) is 45.7 Å². The van der Waals surface area contributed by atoms with E-state index >= 15 is 0 Å². The molecule has 98 valence electrons. The SMILES string of the molecule is c1ccc(N2N=NC3C4CC(C5COCC54)C32)cc1. The first-order chi connectivity index (χ1) is 9.43. The van der Waals surface area contributed by atoms with Crippen LogP contribution in [0.25, 0.3) is 0 Å². The summed E-state index contributed by atoms with van der Waals surface area (Å²) in [5.74, 6) is 2.93. The lowest BCUT2D eigenvalue weighted by atomic mass is 9.76. The van der Waals surface area contributed by atoms with E-state index in [1.165, 1.54) is 12.1 Å². The molecule has 19 heavy (non-hydrogen) atoms. The lowest BCUT2D eigenvalue weighted by molar-refractivity contribution is 0.162. The van der Waals surface area contributed by atoms with Gasteiger partial charge in [-0.2, -0.15) is 5.11 Å². The van der Waals surface area contributed by atoms with Crippen molar-refractivity contribution in [1.82, 2.24) is 0 Å². The molecule has 6 unspecified atom stereocenters. The summed E-state index contributed by atoms with van der Waals surface area (Å²) in [5, 5.41) is 11.2. The average molecular weight is 255 g/mol. The fraction of sp³-hybridized carbons (Fsp3) is 0.600. The summed E-state index contributed by atoms with van der Waals surface area (Å²) in [5.41, 5.74) is 1.18. The van der Waals surface area contributed by atoms with Gasteiger partial charge in [0.1, 0.15) is 0 Å². The topological polar surface area (TPSA) is 37.2 Å². The van der Waals surface area contributed by atoms with E-state index in [-0.39, 0.29) is 0 Å². The normalized spacial score (nSPS) is 45.8. The number of fused-ring (bicyclic) bond motifs is 8. The molecule has 1 aromatic carbocycles. The summed E-state index contributed by atoms with van der Waals surface area (Å²) in [6, 6.07) is 11.4. The van der Waals surface area contributed by atoms with Gasteiger partial charge >= 0.3 is 0 Å². The molecule has 2 aliphatic carbocycles. The quantitative estimate of drug-likeness (QED) is 0.773. The van der Waals surface area contributed by atoms with E-state index in [1.54, 1.807) is 0 Å². The minimum Gasteiger partial charge on any atom is -0.381 e. The van der Waals surface area contributed by atoms with Gasteiger partial charge < -0.3 is 4.74 Å². The van der Waals surface area contributed by atoms with Crippen molar-refractivity contribution in [3.05, 3.63) is 30.3 Å². The Bertz CT molecular complexity index is 531. The molecular formula is C15H17N3O. The van der Waals surface area contributed by atoms with Crippen LogP contribution in [-0.4, -0.2) is 25.3 Å². The number of benzene rings is 1. The van der Waals surface area contributed by atoms with Crippen molar-refractivity contribution in [2.45, 2.75) is 18.5 Å². The van der Waals surface area contributed by atoms with Crippen molar-refractivity contribution in [3.8, 4) is 0 Å². The number of hydrogen-bond acceptors (Lipinski definition) is 4. The molecule has 3 fully saturated rings. The Hall–Kier alpha value is -1.42. The maximum atomic E-state index is 5.71. The summed E-state index contributed by atoms with van der Waals surface area (Å²) in [4.78, 5) is 0. The molecule has 1 saturated heterocycles. The fourth-order valence-corrected chi connectivity index (χ4v) is 4.88. The van der Waals surface area contributed by atoms with Gasteiger partial charge in [0.15, 0.2) is 0 Å². The van der Waals surface area contributed by atoms with E-state index in [9.17, 15) is 0 Å². The van der Waals surface area contributed by atoms with Crippen molar-refractivity contribution in [2.24, 2.45) is 34.0 Å². The molecule has 0 amide bonds. The summed E-state index contributed by atoms with van der Waals surface area (Å²) in [7, 11) is 0. The Morgan fingerprint density at radius 3 is 2.63 bits per heavy atom. The van der Waals surface area contributed by atoms with Crippen LogP contribution in [0, 0.1) is 23.7 Å². The van der Waals surface area contributed by atoms with Crippen LogP contribution in [0.1, 0.15) is 6.42 Å². The lowest BCUT2D eigenvalue weighted by Crippen LogP contribution is -2.45. The number of ether oxygens (including phenoxy) is 1.